The monoisotopic (exact) mass is 386 g/mol. The number of rotatable bonds is 4. The van der Waals surface area contributed by atoms with Gasteiger partial charge in [0.25, 0.3) is 0 Å². The SMILES string of the molecule is C=[CH][Pt]([CH3])([CH3])([CH3])([CH3])([CH]=C)[SiH2]O[SiH3]. The second-order valence-electron chi connectivity index (χ2n) is 5.25. The molecule has 0 unspecified atom stereocenters. The molecule has 0 saturated carbocycles. The first-order valence-corrected chi connectivity index (χ1v) is 21.7. The van der Waals surface area contributed by atoms with E-state index in [4.69, 9.17) is 4.12 Å². The molecule has 0 atom stereocenters. The molecule has 0 aliphatic heterocycles. The second-order valence-corrected chi connectivity index (χ2v) is 63.6. The van der Waals surface area contributed by atoms with Crippen LogP contribution in [0.2, 0.25) is 21.3 Å². The normalized spacial score (nSPS) is 22.5. The zero-order valence-electron chi connectivity index (χ0n) is 9.00. The summed E-state index contributed by atoms with van der Waals surface area (Å²) >= 11 is -3.43. The average molecular weight is 387 g/mol. The molecule has 0 aliphatic carbocycles. The van der Waals surface area contributed by atoms with Gasteiger partial charge < -0.3 is 0 Å². The molecule has 0 aromatic carbocycles. The third kappa shape index (κ3) is 2.52. The van der Waals surface area contributed by atoms with Crippen LogP contribution in [-0.4, -0.2) is 18.2 Å². The van der Waals surface area contributed by atoms with E-state index in [1.165, 1.54) is 0 Å². The number of hydrogen-bond acceptors (Lipinski definition) is 1. The van der Waals surface area contributed by atoms with Crippen LogP contribution in [0.25, 0.3) is 0 Å². The Labute approximate surface area is 77.1 Å². The number of hydrogen-bond donors (Lipinski definition) is 0. The first kappa shape index (κ1) is 12.6. The Balaban J connectivity index is 5.72. The van der Waals surface area contributed by atoms with E-state index in [-0.39, 0.29) is 0 Å². The van der Waals surface area contributed by atoms with Gasteiger partial charge in [-0.1, -0.05) is 0 Å². The van der Waals surface area contributed by atoms with Crippen molar-refractivity contribution in [2.45, 2.75) is 21.3 Å². The Morgan fingerprint density at radius 1 is 1.17 bits per heavy atom. The Morgan fingerprint density at radius 2 is 1.50 bits per heavy atom. The van der Waals surface area contributed by atoms with Gasteiger partial charge in [-0.05, 0) is 0 Å². The summed E-state index contributed by atoms with van der Waals surface area (Å²) in [6.07, 6.45) is 0. The summed E-state index contributed by atoms with van der Waals surface area (Å²) in [5.74, 6) is 0. The van der Waals surface area contributed by atoms with Gasteiger partial charge in [-0.2, -0.15) is 0 Å². The summed E-state index contributed by atoms with van der Waals surface area (Å²) in [5, 5.41) is 9.38. The van der Waals surface area contributed by atoms with E-state index < -0.39 is 19.3 Å². The summed E-state index contributed by atoms with van der Waals surface area (Å²) in [4.78, 5) is 0. The summed E-state index contributed by atoms with van der Waals surface area (Å²) in [6.45, 7) is 8.03. The minimum atomic E-state index is -3.43. The fourth-order valence-electron chi connectivity index (χ4n) is 0.598. The molecule has 0 spiro atoms. The molecule has 0 fully saturated rings. The Hall–Kier alpha value is 0.562. The van der Waals surface area contributed by atoms with E-state index in [0.717, 1.165) is 10.5 Å². The molecule has 4 heteroatoms. The van der Waals surface area contributed by atoms with Crippen molar-refractivity contribution >= 4 is 18.2 Å². The van der Waals surface area contributed by atoms with Gasteiger partial charge in [0.05, 0.1) is 0 Å². The molecule has 0 heterocycles. The van der Waals surface area contributed by atoms with Crippen molar-refractivity contribution in [2.24, 2.45) is 0 Å². The van der Waals surface area contributed by atoms with Gasteiger partial charge in [-0.3, -0.25) is 0 Å². The molecule has 0 aromatic rings. The summed E-state index contributed by atoms with van der Waals surface area (Å²) in [6, 6.07) is 0. The summed E-state index contributed by atoms with van der Waals surface area (Å²) in [5.41, 5.74) is 0. The van der Waals surface area contributed by atoms with E-state index in [1.54, 1.807) is 0 Å². The van der Waals surface area contributed by atoms with Crippen LogP contribution >= 0.6 is 0 Å². The van der Waals surface area contributed by atoms with Gasteiger partial charge in [0.1, 0.15) is 0 Å². The van der Waals surface area contributed by atoms with Crippen LogP contribution in [0, 0.1) is 0 Å². The van der Waals surface area contributed by atoms with Crippen LogP contribution in [0.15, 0.2) is 22.1 Å². The third-order valence-corrected chi connectivity index (χ3v) is 32.4. The van der Waals surface area contributed by atoms with Gasteiger partial charge in [0.15, 0.2) is 0 Å². The van der Waals surface area contributed by atoms with Crippen LogP contribution in [0.3, 0.4) is 0 Å². The molecule has 12 heavy (non-hydrogen) atoms. The Kier molecular flexibility index (Phi) is 2.07. The van der Waals surface area contributed by atoms with E-state index in [1.807, 2.05) is 0 Å². The van der Waals surface area contributed by atoms with Crippen molar-refractivity contribution in [2.75, 3.05) is 0 Å². The van der Waals surface area contributed by atoms with E-state index in [2.05, 4.69) is 43.3 Å². The van der Waals surface area contributed by atoms with Crippen molar-refractivity contribution in [1.29, 1.82) is 0 Å². The van der Waals surface area contributed by atoms with Crippen LogP contribution < -0.4 is 0 Å². The topological polar surface area (TPSA) is 9.23 Å². The van der Waals surface area contributed by atoms with Gasteiger partial charge in [-0.25, -0.2) is 0 Å². The predicted molar refractivity (Wildman–Crippen MR) is 63.4 cm³/mol. The molecule has 0 aromatic heterocycles. The second kappa shape index (κ2) is 1.97. The van der Waals surface area contributed by atoms with Gasteiger partial charge in [-0.15, -0.1) is 0 Å². The standard InChI is InChI=1S/2C2H3.4CH3.H5OSi2.Pt/c2*1-2;;;;;2-1-3;/h2*1H,2H2;4*1H3;2H2,3H3;. The summed E-state index contributed by atoms with van der Waals surface area (Å²) < 4.78 is 9.93. The fraction of sp³-hybridized carbons (Fsp3) is 0.500. The van der Waals surface area contributed by atoms with Crippen LogP contribution in [0.1, 0.15) is 0 Å². The van der Waals surface area contributed by atoms with Crippen LogP contribution in [0.4, 0.5) is 0 Å². The van der Waals surface area contributed by atoms with E-state index >= 15 is 0 Å². The zero-order valence-corrected chi connectivity index (χ0v) is 14.7. The molecule has 0 aliphatic rings. The van der Waals surface area contributed by atoms with E-state index in [9.17, 15) is 0 Å². The van der Waals surface area contributed by atoms with E-state index in [0.29, 0.717) is 0 Å². The quantitative estimate of drug-likeness (QED) is 0.666. The fourth-order valence-corrected chi connectivity index (χ4v) is 36.9. The third-order valence-electron chi connectivity index (χ3n) is 1.93. The Morgan fingerprint density at radius 3 is 1.58 bits per heavy atom. The maximum absolute atomic E-state index is 5.61. The molecule has 0 rings (SSSR count). The van der Waals surface area contributed by atoms with Crippen molar-refractivity contribution in [1.82, 2.24) is 0 Å². The minimum absolute atomic E-state index is 0.550. The zero-order chi connectivity index (χ0) is 10.2. The average Bonchev–Trinajstić information content (AvgIpc) is 1.89. The van der Waals surface area contributed by atoms with Crippen LogP contribution in [0.5, 0.6) is 0 Å². The summed E-state index contributed by atoms with van der Waals surface area (Å²) in [7, 11) is 0.288. The predicted octanol–water partition coefficient (Wildman–Crippen LogP) is 1.52. The van der Waals surface area contributed by atoms with Crippen LogP contribution in [-0.2, 0) is 15.7 Å². The van der Waals surface area contributed by atoms with Gasteiger partial charge in [0.2, 0.25) is 0 Å². The molecule has 0 bridgehead atoms. The van der Waals surface area contributed by atoms with Crippen molar-refractivity contribution < 1.29 is 15.7 Å². The van der Waals surface area contributed by atoms with Crippen molar-refractivity contribution in [3.63, 3.8) is 0 Å². The first-order valence-electron chi connectivity index (χ1n) is 3.37. The molecular formula is C8H23OPtSi2. The molecule has 0 amide bonds. The van der Waals surface area contributed by atoms with Gasteiger partial charge in [0, 0.05) is 0 Å². The van der Waals surface area contributed by atoms with Crippen molar-refractivity contribution in [3.05, 3.63) is 22.1 Å². The molecule has 79 valence electrons. The molecule has 1 nitrogen and oxygen atoms in total. The first-order chi connectivity index (χ1) is 4.93. The Bertz CT molecular complexity index is 239. The van der Waals surface area contributed by atoms with Gasteiger partial charge >= 0.3 is 77.3 Å². The van der Waals surface area contributed by atoms with Crippen molar-refractivity contribution in [3.8, 4) is 0 Å². The molecule has 0 N–H and O–H groups in total. The molecule has 0 saturated heterocycles. The molecular weight excluding hydrogens is 363 g/mol. The maximum atomic E-state index is 5.61. The molecule has 0 radical (unpaired) electrons.